The first kappa shape index (κ1) is 10.3. The fourth-order valence-electron chi connectivity index (χ4n) is 1.44. The monoisotopic (exact) mass is 212 g/mol. The van der Waals surface area contributed by atoms with Crippen molar-refractivity contribution in [2.75, 3.05) is 7.11 Å². The summed E-state index contributed by atoms with van der Waals surface area (Å²) in [6.07, 6.45) is 7.13. The molecule has 2 rings (SSSR count). The molecule has 0 amide bonds. The van der Waals surface area contributed by atoms with Crippen molar-refractivity contribution in [3.63, 3.8) is 0 Å². The summed E-state index contributed by atoms with van der Waals surface area (Å²) in [7, 11) is 1.65. The third kappa shape index (κ3) is 2.23. The molecule has 0 aliphatic carbocycles. The van der Waals surface area contributed by atoms with Gasteiger partial charge in [0.1, 0.15) is 11.4 Å². The maximum absolute atomic E-state index is 5.25. The highest BCUT2D eigenvalue weighted by Gasteiger charge is 1.98. The van der Waals surface area contributed by atoms with Crippen LogP contribution in [0.3, 0.4) is 0 Å². The van der Waals surface area contributed by atoms with Crippen LogP contribution in [0.2, 0.25) is 0 Å². The maximum atomic E-state index is 5.25. The van der Waals surface area contributed by atoms with Crippen molar-refractivity contribution in [1.29, 1.82) is 0 Å². The van der Waals surface area contributed by atoms with Crippen molar-refractivity contribution in [2.24, 2.45) is 0 Å². The predicted molar refractivity (Wildman–Crippen MR) is 62.3 cm³/mol. The molecule has 3 heteroatoms. The number of rotatable bonds is 3. The molecule has 1 heterocycles. The van der Waals surface area contributed by atoms with Gasteiger partial charge in [0.2, 0.25) is 0 Å². The van der Waals surface area contributed by atoms with Crippen molar-refractivity contribution in [3.8, 4) is 18.1 Å². The second-order valence-corrected chi connectivity index (χ2v) is 3.39. The number of nitrogens with zero attached hydrogens (tertiary/aromatic N) is 2. The Kier molecular flexibility index (Phi) is 2.93. The number of terminal acetylenes is 1. The van der Waals surface area contributed by atoms with E-state index in [0.29, 0.717) is 12.2 Å². The molecule has 1 aromatic heterocycles. The van der Waals surface area contributed by atoms with Gasteiger partial charge in [-0.05, 0) is 29.7 Å². The molecular formula is C13H12N2O. The Hall–Kier alpha value is -2.21. The topological polar surface area (TPSA) is 27.1 Å². The molecule has 1 aromatic carbocycles. The van der Waals surface area contributed by atoms with E-state index >= 15 is 0 Å². The standard InChI is InChI=1S/C13H12N2O/c1-3-12-8-9-15(14-12)10-11-4-6-13(16-2)7-5-11/h1,4-9H,10H2,2H3. The van der Waals surface area contributed by atoms with Crippen LogP contribution in [0.25, 0.3) is 0 Å². The van der Waals surface area contributed by atoms with E-state index in [1.165, 1.54) is 0 Å². The van der Waals surface area contributed by atoms with E-state index in [1.54, 1.807) is 7.11 Å². The number of methoxy groups -OCH3 is 1. The first-order chi connectivity index (χ1) is 7.81. The van der Waals surface area contributed by atoms with Gasteiger partial charge in [-0.2, -0.15) is 5.10 Å². The number of hydrogen-bond donors (Lipinski definition) is 0. The number of aromatic nitrogens is 2. The van der Waals surface area contributed by atoms with Crippen LogP contribution >= 0.6 is 0 Å². The summed E-state index contributed by atoms with van der Waals surface area (Å²) in [6.45, 7) is 0.714. The molecule has 0 atom stereocenters. The van der Waals surface area contributed by atoms with Crippen LogP contribution in [0.4, 0.5) is 0 Å². The lowest BCUT2D eigenvalue weighted by Crippen LogP contribution is -2.00. The van der Waals surface area contributed by atoms with Gasteiger partial charge in [0.25, 0.3) is 0 Å². The number of ether oxygens (including phenoxy) is 1. The van der Waals surface area contributed by atoms with E-state index in [1.807, 2.05) is 41.2 Å². The molecule has 3 nitrogen and oxygen atoms in total. The predicted octanol–water partition coefficient (Wildman–Crippen LogP) is 1.92. The van der Waals surface area contributed by atoms with E-state index in [0.717, 1.165) is 11.3 Å². The van der Waals surface area contributed by atoms with Gasteiger partial charge in [0.15, 0.2) is 0 Å². The van der Waals surface area contributed by atoms with Crippen LogP contribution in [0.15, 0.2) is 36.5 Å². The van der Waals surface area contributed by atoms with Crippen molar-refractivity contribution >= 4 is 0 Å². The molecule has 0 spiro atoms. The molecule has 0 aliphatic heterocycles. The van der Waals surface area contributed by atoms with Crippen molar-refractivity contribution in [3.05, 3.63) is 47.8 Å². The van der Waals surface area contributed by atoms with Crippen molar-refractivity contribution < 1.29 is 4.74 Å². The van der Waals surface area contributed by atoms with E-state index in [-0.39, 0.29) is 0 Å². The largest absolute Gasteiger partial charge is 0.497 e. The lowest BCUT2D eigenvalue weighted by atomic mass is 10.2. The molecule has 0 saturated heterocycles. The lowest BCUT2D eigenvalue weighted by Gasteiger charge is -2.03. The van der Waals surface area contributed by atoms with Crippen LogP contribution in [-0.2, 0) is 6.54 Å². The Bertz CT molecular complexity index is 505. The first-order valence-corrected chi connectivity index (χ1v) is 4.95. The molecule has 0 fully saturated rings. The molecule has 16 heavy (non-hydrogen) atoms. The van der Waals surface area contributed by atoms with Gasteiger partial charge in [-0.25, -0.2) is 0 Å². The molecule has 80 valence electrons. The minimum absolute atomic E-state index is 0.661. The summed E-state index contributed by atoms with van der Waals surface area (Å²) >= 11 is 0. The molecule has 0 saturated carbocycles. The van der Waals surface area contributed by atoms with Gasteiger partial charge in [0.05, 0.1) is 13.7 Å². The Balaban J connectivity index is 2.11. The number of hydrogen-bond acceptors (Lipinski definition) is 2. The molecule has 0 unspecified atom stereocenters. The minimum atomic E-state index is 0.661. The smallest absolute Gasteiger partial charge is 0.134 e. The van der Waals surface area contributed by atoms with Gasteiger partial charge in [-0.3, -0.25) is 4.68 Å². The summed E-state index contributed by atoms with van der Waals surface area (Å²) in [5.41, 5.74) is 1.82. The Morgan fingerprint density at radius 3 is 2.62 bits per heavy atom. The molecule has 0 N–H and O–H groups in total. The Morgan fingerprint density at radius 1 is 1.31 bits per heavy atom. The van der Waals surface area contributed by atoms with Gasteiger partial charge >= 0.3 is 0 Å². The van der Waals surface area contributed by atoms with E-state index < -0.39 is 0 Å². The van der Waals surface area contributed by atoms with Gasteiger partial charge in [-0.1, -0.05) is 12.1 Å². The Morgan fingerprint density at radius 2 is 2.06 bits per heavy atom. The minimum Gasteiger partial charge on any atom is -0.497 e. The van der Waals surface area contributed by atoms with Crippen molar-refractivity contribution in [1.82, 2.24) is 9.78 Å². The lowest BCUT2D eigenvalue weighted by molar-refractivity contribution is 0.414. The molecule has 0 radical (unpaired) electrons. The third-order valence-corrected chi connectivity index (χ3v) is 2.29. The fraction of sp³-hybridized carbons (Fsp3) is 0.154. The second kappa shape index (κ2) is 4.54. The highest BCUT2D eigenvalue weighted by Crippen LogP contribution is 2.12. The first-order valence-electron chi connectivity index (χ1n) is 4.95. The highest BCUT2D eigenvalue weighted by molar-refractivity contribution is 5.27. The van der Waals surface area contributed by atoms with Crippen molar-refractivity contribution in [2.45, 2.75) is 6.54 Å². The third-order valence-electron chi connectivity index (χ3n) is 2.29. The number of benzene rings is 1. The second-order valence-electron chi connectivity index (χ2n) is 3.39. The van der Waals surface area contributed by atoms with Crippen LogP contribution < -0.4 is 4.74 Å². The average Bonchev–Trinajstić information content (AvgIpc) is 2.78. The maximum Gasteiger partial charge on any atom is 0.134 e. The molecule has 0 aliphatic rings. The summed E-state index contributed by atoms with van der Waals surface area (Å²) in [6, 6.07) is 9.71. The molecule has 2 aromatic rings. The van der Waals surface area contributed by atoms with Gasteiger partial charge < -0.3 is 4.74 Å². The van der Waals surface area contributed by atoms with E-state index in [2.05, 4.69) is 11.0 Å². The Labute approximate surface area is 94.7 Å². The van der Waals surface area contributed by atoms with Gasteiger partial charge in [-0.15, -0.1) is 6.42 Å². The summed E-state index contributed by atoms with van der Waals surface area (Å²) < 4.78 is 6.91. The average molecular weight is 212 g/mol. The zero-order valence-corrected chi connectivity index (χ0v) is 9.05. The summed E-state index contributed by atoms with van der Waals surface area (Å²) in [5.74, 6) is 3.35. The molecule has 0 bridgehead atoms. The van der Waals surface area contributed by atoms with Crippen LogP contribution in [0.1, 0.15) is 11.3 Å². The normalized spacial score (nSPS) is 9.75. The quantitative estimate of drug-likeness (QED) is 0.727. The summed E-state index contributed by atoms with van der Waals surface area (Å²) in [5, 5.41) is 4.22. The van der Waals surface area contributed by atoms with Crippen LogP contribution in [-0.4, -0.2) is 16.9 Å². The zero-order valence-electron chi connectivity index (χ0n) is 9.05. The summed E-state index contributed by atoms with van der Waals surface area (Å²) in [4.78, 5) is 0. The SMILES string of the molecule is C#Cc1ccn(Cc2ccc(OC)cc2)n1. The highest BCUT2D eigenvalue weighted by atomic mass is 16.5. The zero-order chi connectivity index (χ0) is 11.4. The molecular weight excluding hydrogens is 200 g/mol. The van der Waals surface area contributed by atoms with Crippen LogP contribution in [0.5, 0.6) is 5.75 Å². The van der Waals surface area contributed by atoms with E-state index in [9.17, 15) is 0 Å². The van der Waals surface area contributed by atoms with Gasteiger partial charge in [0, 0.05) is 6.20 Å². The fourth-order valence-corrected chi connectivity index (χ4v) is 1.44. The van der Waals surface area contributed by atoms with E-state index in [4.69, 9.17) is 11.2 Å². The van der Waals surface area contributed by atoms with Crippen LogP contribution in [0, 0.1) is 12.3 Å².